The van der Waals surface area contributed by atoms with Gasteiger partial charge in [-0.1, -0.05) is 6.07 Å². The van der Waals surface area contributed by atoms with E-state index >= 15 is 0 Å². The first kappa shape index (κ1) is 14.2. The normalized spacial score (nSPS) is 19.3. The van der Waals surface area contributed by atoms with Gasteiger partial charge in [-0.2, -0.15) is 0 Å². The van der Waals surface area contributed by atoms with Crippen LogP contribution in [-0.4, -0.2) is 36.3 Å². The molecule has 3 N–H and O–H groups in total. The average Bonchev–Trinajstić information content (AvgIpc) is 2.41. The van der Waals surface area contributed by atoms with Crippen molar-refractivity contribution in [3.8, 4) is 5.75 Å². The summed E-state index contributed by atoms with van der Waals surface area (Å²) in [6.07, 6.45) is 1.94. The maximum absolute atomic E-state index is 9.61. The molecule has 1 saturated heterocycles. The number of ether oxygens (including phenoxy) is 1. The van der Waals surface area contributed by atoms with Gasteiger partial charge in [0.2, 0.25) is 0 Å². The molecule has 1 aliphatic heterocycles. The molecule has 106 valence electrons. The molecule has 19 heavy (non-hydrogen) atoms. The van der Waals surface area contributed by atoms with Crippen LogP contribution in [-0.2, 0) is 6.54 Å². The van der Waals surface area contributed by atoms with Crippen LogP contribution in [0, 0.1) is 5.92 Å². The number of nitrogens with two attached hydrogens (primary N) is 1. The predicted octanol–water partition coefficient (Wildman–Crippen LogP) is 1.87. The van der Waals surface area contributed by atoms with Gasteiger partial charge in [0.1, 0.15) is 5.75 Å². The van der Waals surface area contributed by atoms with Crippen molar-refractivity contribution in [2.75, 3.05) is 25.9 Å². The molecule has 4 heteroatoms. The van der Waals surface area contributed by atoms with Gasteiger partial charge < -0.3 is 15.6 Å². The van der Waals surface area contributed by atoms with Crippen LogP contribution in [0.4, 0.5) is 5.69 Å². The van der Waals surface area contributed by atoms with Crippen molar-refractivity contribution in [2.24, 2.45) is 5.92 Å². The van der Waals surface area contributed by atoms with Gasteiger partial charge >= 0.3 is 0 Å². The minimum absolute atomic E-state index is 0.187. The predicted molar refractivity (Wildman–Crippen MR) is 77.1 cm³/mol. The number of nitrogens with zero attached hydrogens (tertiary/aromatic N) is 1. The summed E-state index contributed by atoms with van der Waals surface area (Å²) in [4.78, 5) is 2.41. The summed E-state index contributed by atoms with van der Waals surface area (Å²) in [6.45, 7) is 4.84. The zero-order valence-electron chi connectivity index (χ0n) is 11.8. The minimum atomic E-state index is -0.187. The van der Waals surface area contributed by atoms with E-state index in [1.165, 1.54) is 5.56 Å². The molecular formula is C15H24N2O2. The minimum Gasteiger partial charge on any atom is -0.496 e. The van der Waals surface area contributed by atoms with E-state index in [0.717, 1.165) is 43.9 Å². The zero-order valence-corrected chi connectivity index (χ0v) is 11.8. The summed E-state index contributed by atoms with van der Waals surface area (Å²) in [5, 5.41) is 9.61. The van der Waals surface area contributed by atoms with E-state index in [-0.39, 0.29) is 6.10 Å². The molecule has 0 bridgehead atoms. The smallest absolute Gasteiger partial charge is 0.125 e. The van der Waals surface area contributed by atoms with Crippen LogP contribution >= 0.6 is 0 Å². The van der Waals surface area contributed by atoms with Crippen LogP contribution < -0.4 is 10.5 Å². The van der Waals surface area contributed by atoms with Crippen LogP contribution in [0.2, 0.25) is 0 Å². The van der Waals surface area contributed by atoms with Crippen molar-refractivity contribution >= 4 is 5.69 Å². The lowest BCUT2D eigenvalue weighted by Gasteiger charge is -2.33. The molecule has 1 aliphatic rings. The monoisotopic (exact) mass is 264 g/mol. The Morgan fingerprint density at radius 1 is 1.42 bits per heavy atom. The highest BCUT2D eigenvalue weighted by Crippen LogP contribution is 2.26. The lowest BCUT2D eigenvalue weighted by molar-refractivity contribution is 0.0693. The van der Waals surface area contributed by atoms with Gasteiger partial charge in [0, 0.05) is 23.9 Å². The van der Waals surface area contributed by atoms with Crippen LogP contribution in [0.1, 0.15) is 25.3 Å². The second-order valence-corrected chi connectivity index (χ2v) is 5.43. The standard InChI is InChI=1S/C15H24N2O2/c1-11(18)12-5-7-17(8-6-12)10-13-3-4-14(16)9-15(13)19-2/h3-4,9,11-12,18H,5-8,10,16H2,1-2H3. The van der Waals surface area contributed by atoms with Crippen molar-refractivity contribution in [3.63, 3.8) is 0 Å². The zero-order chi connectivity index (χ0) is 13.8. The third-order valence-corrected chi connectivity index (χ3v) is 4.02. The summed E-state index contributed by atoms with van der Waals surface area (Å²) in [5.74, 6) is 1.31. The average molecular weight is 264 g/mol. The van der Waals surface area contributed by atoms with E-state index < -0.39 is 0 Å². The summed E-state index contributed by atoms with van der Waals surface area (Å²) in [7, 11) is 1.68. The Balaban J connectivity index is 1.95. The molecule has 1 heterocycles. The second-order valence-electron chi connectivity index (χ2n) is 5.43. The topological polar surface area (TPSA) is 58.7 Å². The fraction of sp³-hybridized carbons (Fsp3) is 0.600. The summed E-state index contributed by atoms with van der Waals surface area (Å²) in [5.41, 5.74) is 7.67. The quantitative estimate of drug-likeness (QED) is 0.815. The van der Waals surface area contributed by atoms with Crippen molar-refractivity contribution in [1.82, 2.24) is 4.90 Å². The van der Waals surface area contributed by atoms with E-state index in [2.05, 4.69) is 4.90 Å². The Morgan fingerprint density at radius 3 is 2.68 bits per heavy atom. The van der Waals surface area contributed by atoms with Crippen LogP contribution in [0.5, 0.6) is 5.75 Å². The van der Waals surface area contributed by atoms with Crippen LogP contribution in [0.15, 0.2) is 18.2 Å². The highest BCUT2D eigenvalue weighted by Gasteiger charge is 2.23. The number of hydrogen-bond donors (Lipinski definition) is 2. The number of nitrogen functional groups attached to an aromatic ring is 1. The maximum Gasteiger partial charge on any atom is 0.125 e. The molecule has 1 unspecified atom stereocenters. The molecule has 0 amide bonds. The number of methoxy groups -OCH3 is 1. The number of anilines is 1. The van der Waals surface area contributed by atoms with E-state index in [4.69, 9.17) is 10.5 Å². The second kappa shape index (κ2) is 6.26. The number of piperidine rings is 1. The fourth-order valence-corrected chi connectivity index (χ4v) is 2.73. The molecular weight excluding hydrogens is 240 g/mol. The number of aliphatic hydroxyl groups excluding tert-OH is 1. The van der Waals surface area contributed by atoms with Crippen molar-refractivity contribution in [1.29, 1.82) is 0 Å². The highest BCUT2D eigenvalue weighted by atomic mass is 16.5. The Morgan fingerprint density at radius 2 is 2.11 bits per heavy atom. The summed E-state index contributed by atoms with van der Waals surface area (Å²) >= 11 is 0. The van der Waals surface area contributed by atoms with Gasteiger partial charge in [-0.05, 0) is 44.8 Å². The first-order valence-corrected chi connectivity index (χ1v) is 6.93. The molecule has 0 spiro atoms. The number of benzene rings is 1. The van der Waals surface area contributed by atoms with Crippen molar-refractivity contribution < 1.29 is 9.84 Å². The lowest BCUT2D eigenvalue weighted by Crippen LogP contribution is -2.36. The molecule has 4 nitrogen and oxygen atoms in total. The third-order valence-electron chi connectivity index (χ3n) is 4.02. The molecule has 1 aromatic rings. The Bertz CT molecular complexity index is 413. The molecule has 0 aromatic heterocycles. The number of aliphatic hydroxyl groups is 1. The van der Waals surface area contributed by atoms with Crippen molar-refractivity contribution in [3.05, 3.63) is 23.8 Å². The number of hydrogen-bond acceptors (Lipinski definition) is 4. The molecule has 0 saturated carbocycles. The Labute approximate surface area is 115 Å². The Kier molecular flexibility index (Phi) is 4.66. The van der Waals surface area contributed by atoms with Gasteiger partial charge in [0.25, 0.3) is 0 Å². The van der Waals surface area contributed by atoms with Crippen molar-refractivity contribution in [2.45, 2.75) is 32.4 Å². The van der Waals surface area contributed by atoms with Gasteiger partial charge in [-0.3, -0.25) is 4.90 Å². The van der Waals surface area contributed by atoms with Gasteiger partial charge in [0.15, 0.2) is 0 Å². The van der Waals surface area contributed by atoms with Crippen LogP contribution in [0.25, 0.3) is 0 Å². The van der Waals surface area contributed by atoms with Gasteiger partial charge in [-0.15, -0.1) is 0 Å². The molecule has 2 rings (SSSR count). The summed E-state index contributed by atoms with van der Waals surface area (Å²) < 4.78 is 5.38. The van der Waals surface area contributed by atoms with Gasteiger partial charge in [-0.25, -0.2) is 0 Å². The first-order valence-electron chi connectivity index (χ1n) is 6.93. The number of likely N-dealkylation sites (tertiary alicyclic amines) is 1. The van der Waals surface area contributed by atoms with Crippen LogP contribution in [0.3, 0.4) is 0 Å². The highest BCUT2D eigenvalue weighted by molar-refractivity contribution is 5.48. The van der Waals surface area contributed by atoms with E-state index in [1.807, 2.05) is 25.1 Å². The van der Waals surface area contributed by atoms with E-state index in [1.54, 1.807) is 7.11 Å². The number of rotatable bonds is 4. The van der Waals surface area contributed by atoms with E-state index in [0.29, 0.717) is 5.92 Å². The lowest BCUT2D eigenvalue weighted by atomic mass is 9.92. The van der Waals surface area contributed by atoms with Gasteiger partial charge in [0.05, 0.1) is 13.2 Å². The largest absolute Gasteiger partial charge is 0.496 e. The molecule has 1 fully saturated rings. The van der Waals surface area contributed by atoms with E-state index in [9.17, 15) is 5.11 Å². The fourth-order valence-electron chi connectivity index (χ4n) is 2.73. The molecule has 0 aliphatic carbocycles. The maximum atomic E-state index is 9.61. The SMILES string of the molecule is COc1cc(N)ccc1CN1CCC(C(C)O)CC1. The summed E-state index contributed by atoms with van der Waals surface area (Å²) in [6, 6.07) is 5.83. The Hall–Kier alpha value is -1.26. The molecule has 1 aromatic carbocycles. The molecule has 0 radical (unpaired) electrons. The molecule has 1 atom stereocenters. The first-order chi connectivity index (χ1) is 9.10. The third kappa shape index (κ3) is 3.61.